The fourth-order valence-corrected chi connectivity index (χ4v) is 2.43. The summed E-state index contributed by atoms with van der Waals surface area (Å²) in [6.45, 7) is 4.39. The van der Waals surface area contributed by atoms with Crippen LogP contribution in [0.25, 0.3) is 0 Å². The van der Waals surface area contributed by atoms with Gasteiger partial charge in [0.25, 0.3) is 5.91 Å². The molecule has 0 heterocycles. The van der Waals surface area contributed by atoms with Crippen LogP contribution < -0.4 is 15.4 Å². The van der Waals surface area contributed by atoms with Gasteiger partial charge in [-0.15, -0.1) is 0 Å². The minimum Gasteiger partial charge on any atom is -0.494 e. The first-order valence-corrected chi connectivity index (χ1v) is 9.05. The minimum atomic E-state index is -0.334. The maximum Gasteiger partial charge on any atom is 0.251 e. The fourth-order valence-electron chi connectivity index (χ4n) is 2.43. The van der Waals surface area contributed by atoms with E-state index < -0.39 is 0 Å². The van der Waals surface area contributed by atoms with Gasteiger partial charge in [0.05, 0.1) is 19.2 Å². The summed E-state index contributed by atoms with van der Waals surface area (Å²) in [6.07, 6.45) is 2.04. The zero-order valence-corrected chi connectivity index (χ0v) is 15.6. The zero-order valence-electron chi connectivity index (χ0n) is 15.6. The van der Waals surface area contributed by atoms with Crippen LogP contribution in [-0.2, 0) is 4.79 Å². The van der Waals surface area contributed by atoms with Gasteiger partial charge in [-0.05, 0) is 55.3 Å². The highest BCUT2D eigenvalue weighted by Crippen LogP contribution is 2.13. The molecule has 0 fully saturated rings. The van der Waals surface area contributed by atoms with Gasteiger partial charge in [-0.2, -0.15) is 0 Å². The van der Waals surface area contributed by atoms with E-state index in [1.807, 2.05) is 0 Å². The van der Waals surface area contributed by atoms with Crippen molar-refractivity contribution < 1.29 is 18.7 Å². The van der Waals surface area contributed by atoms with E-state index in [1.54, 1.807) is 43.3 Å². The van der Waals surface area contributed by atoms with Crippen molar-refractivity contribution in [2.45, 2.75) is 32.7 Å². The second-order valence-electron chi connectivity index (χ2n) is 6.25. The van der Waals surface area contributed by atoms with Gasteiger partial charge >= 0.3 is 0 Å². The Morgan fingerprint density at radius 2 is 1.74 bits per heavy atom. The molecule has 5 nitrogen and oxygen atoms in total. The summed E-state index contributed by atoms with van der Waals surface area (Å²) in [7, 11) is 0. The Bertz CT molecular complexity index is 745. The van der Waals surface area contributed by atoms with Crippen molar-refractivity contribution in [1.29, 1.82) is 0 Å². The smallest absolute Gasteiger partial charge is 0.251 e. The van der Waals surface area contributed by atoms with Gasteiger partial charge in [-0.3, -0.25) is 9.59 Å². The zero-order chi connectivity index (χ0) is 19.6. The third-order valence-corrected chi connectivity index (χ3v) is 4.04. The van der Waals surface area contributed by atoms with Gasteiger partial charge in [0.1, 0.15) is 11.6 Å². The predicted molar refractivity (Wildman–Crippen MR) is 102 cm³/mol. The normalized spacial score (nSPS) is 11.5. The Morgan fingerprint density at radius 3 is 2.37 bits per heavy atom. The van der Waals surface area contributed by atoms with E-state index in [9.17, 15) is 14.0 Å². The molecule has 0 saturated heterocycles. The highest BCUT2D eigenvalue weighted by molar-refractivity contribution is 5.96. The van der Waals surface area contributed by atoms with Crippen LogP contribution in [0.2, 0.25) is 0 Å². The van der Waals surface area contributed by atoms with Gasteiger partial charge in [0.2, 0.25) is 5.91 Å². The molecule has 0 bridgehead atoms. The average Bonchev–Trinajstić information content (AvgIpc) is 2.67. The monoisotopic (exact) mass is 372 g/mol. The van der Waals surface area contributed by atoms with Gasteiger partial charge in [0.15, 0.2) is 0 Å². The standard InChI is InChI=1S/C21H25FN2O3/c1-3-4-13-27-19-11-7-17(8-12-19)21(26)23-14-20(25)24-15(2)16-5-9-18(22)10-6-16/h5-12,15H,3-4,13-14H2,1-2H3,(H,23,26)(H,24,25). The predicted octanol–water partition coefficient (Wildman–Crippen LogP) is 3.61. The second-order valence-corrected chi connectivity index (χ2v) is 6.25. The van der Waals surface area contributed by atoms with Crippen molar-refractivity contribution in [3.05, 3.63) is 65.5 Å². The lowest BCUT2D eigenvalue weighted by atomic mass is 10.1. The Kier molecular flexibility index (Phi) is 7.79. The van der Waals surface area contributed by atoms with E-state index in [-0.39, 0.29) is 30.2 Å². The highest BCUT2D eigenvalue weighted by atomic mass is 19.1. The number of hydrogen-bond donors (Lipinski definition) is 2. The number of unbranched alkanes of at least 4 members (excludes halogenated alkanes) is 1. The highest BCUT2D eigenvalue weighted by Gasteiger charge is 2.12. The summed E-state index contributed by atoms with van der Waals surface area (Å²) >= 11 is 0. The molecular weight excluding hydrogens is 347 g/mol. The van der Waals surface area contributed by atoms with E-state index in [1.165, 1.54) is 12.1 Å². The summed E-state index contributed by atoms with van der Waals surface area (Å²) in [5.41, 5.74) is 1.24. The molecule has 6 heteroatoms. The maximum absolute atomic E-state index is 12.9. The van der Waals surface area contributed by atoms with Crippen molar-refractivity contribution in [2.75, 3.05) is 13.2 Å². The molecule has 2 aromatic carbocycles. The van der Waals surface area contributed by atoms with Crippen molar-refractivity contribution in [2.24, 2.45) is 0 Å². The lowest BCUT2D eigenvalue weighted by Gasteiger charge is -2.14. The topological polar surface area (TPSA) is 67.4 Å². The van der Waals surface area contributed by atoms with Crippen LogP contribution in [0.15, 0.2) is 48.5 Å². The van der Waals surface area contributed by atoms with E-state index in [0.717, 1.165) is 18.4 Å². The molecule has 0 saturated carbocycles. The van der Waals surface area contributed by atoms with Crippen molar-refractivity contribution in [1.82, 2.24) is 10.6 Å². The number of rotatable bonds is 9. The second kappa shape index (κ2) is 10.3. The first-order valence-electron chi connectivity index (χ1n) is 9.05. The van der Waals surface area contributed by atoms with Crippen molar-refractivity contribution >= 4 is 11.8 Å². The summed E-state index contributed by atoms with van der Waals surface area (Å²) in [5, 5.41) is 5.35. The lowest BCUT2D eigenvalue weighted by Crippen LogP contribution is -2.38. The van der Waals surface area contributed by atoms with Crippen LogP contribution in [0, 0.1) is 5.82 Å². The Balaban J connectivity index is 1.78. The number of benzene rings is 2. The Hall–Kier alpha value is -2.89. The third-order valence-electron chi connectivity index (χ3n) is 4.04. The molecule has 0 aliphatic heterocycles. The minimum absolute atomic E-state index is 0.140. The molecule has 1 atom stereocenters. The molecule has 144 valence electrons. The van der Waals surface area contributed by atoms with Gasteiger partial charge in [-0.25, -0.2) is 4.39 Å². The largest absolute Gasteiger partial charge is 0.494 e. The van der Waals surface area contributed by atoms with E-state index in [0.29, 0.717) is 17.9 Å². The van der Waals surface area contributed by atoms with Crippen LogP contribution in [-0.4, -0.2) is 25.0 Å². The number of nitrogens with one attached hydrogen (secondary N) is 2. The first-order chi connectivity index (χ1) is 13.0. The first kappa shape index (κ1) is 20.4. The molecule has 2 amide bonds. The molecular formula is C21H25FN2O3. The molecule has 0 aromatic heterocycles. The molecule has 2 N–H and O–H groups in total. The van der Waals surface area contributed by atoms with Crippen LogP contribution >= 0.6 is 0 Å². The average molecular weight is 372 g/mol. The summed E-state index contributed by atoms with van der Waals surface area (Å²) < 4.78 is 18.5. The number of ether oxygens (including phenoxy) is 1. The molecule has 27 heavy (non-hydrogen) atoms. The quantitative estimate of drug-likeness (QED) is 0.661. The van der Waals surface area contributed by atoms with E-state index in [4.69, 9.17) is 4.74 Å². The van der Waals surface area contributed by atoms with Gasteiger partial charge in [-0.1, -0.05) is 25.5 Å². The number of carbonyl (C=O) groups is 2. The molecule has 1 unspecified atom stereocenters. The van der Waals surface area contributed by atoms with Crippen LogP contribution in [0.1, 0.15) is 48.7 Å². The van der Waals surface area contributed by atoms with Crippen LogP contribution in [0.4, 0.5) is 4.39 Å². The number of carbonyl (C=O) groups excluding carboxylic acids is 2. The third kappa shape index (κ3) is 6.73. The maximum atomic E-state index is 12.9. The van der Waals surface area contributed by atoms with Crippen molar-refractivity contribution in [3.8, 4) is 5.75 Å². The van der Waals surface area contributed by atoms with Gasteiger partial charge < -0.3 is 15.4 Å². The summed E-state index contributed by atoms with van der Waals surface area (Å²) in [5.74, 6) is -0.267. The van der Waals surface area contributed by atoms with E-state index in [2.05, 4.69) is 17.6 Å². The van der Waals surface area contributed by atoms with Crippen molar-refractivity contribution in [3.63, 3.8) is 0 Å². The molecule has 0 spiro atoms. The molecule has 0 aliphatic carbocycles. The molecule has 0 radical (unpaired) electrons. The van der Waals surface area contributed by atoms with Crippen LogP contribution in [0.3, 0.4) is 0 Å². The SMILES string of the molecule is CCCCOc1ccc(C(=O)NCC(=O)NC(C)c2ccc(F)cc2)cc1. The summed E-state index contributed by atoms with van der Waals surface area (Å²) in [4.78, 5) is 24.2. The van der Waals surface area contributed by atoms with E-state index >= 15 is 0 Å². The molecule has 0 aliphatic rings. The molecule has 2 rings (SSSR count). The number of halogens is 1. The molecule has 2 aromatic rings. The fraction of sp³-hybridized carbons (Fsp3) is 0.333. The van der Waals surface area contributed by atoms with Gasteiger partial charge in [0, 0.05) is 5.56 Å². The number of hydrogen-bond acceptors (Lipinski definition) is 3. The Morgan fingerprint density at radius 1 is 1.07 bits per heavy atom. The lowest BCUT2D eigenvalue weighted by molar-refractivity contribution is -0.120. The van der Waals surface area contributed by atoms with Crippen LogP contribution in [0.5, 0.6) is 5.75 Å². The Labute approximate surface area is 158 Å². The summed E-state index contributed by atoms with van der Waals surface area (Å²) in [6, 6.07) is 12.4. The number of amides is 2.